The summed E-state index contributed by atoms with van der Waals surface area (Å²) < 4.78 is 0. The van der Waals surface area contributed by atoms with Crippen LogP contribution in [0.3, 0.4) is 0 Å². The lowest BCUT2D eigenvalue weighted by molar-refractivity contribution is 0.386. The Labute approximate surface area is 124 Å². The Morgan fingerprint density at radius 3 is 2.79 bits per heavy atom. The van der Waals surface area contributed by atoms with Crippen molar-refractivity contribution in [1.82, 2.24) is 5.32 Å². The van der Waals surface area contributed by atoms with E-state index in [1.165, 1.54) is 69.3 Å². The van der Waals surface area contributed by atoms with E-state index in [1.54, 1.807) is 5.57 Å². The average Bonchev–Trinajstić information content (AvgIpc) is 2.39. The zero-order chi connectivity index (χ0) is 13.3. The molecule has 0 saturated carbocycles. The van der Waals surface area contributed by atoms with Crippen molar-refractivity contribution in [2.45, 2.75) is 70.8 Å². The Hall–Kier alpha value is 0.0500. The van der Waals surface area contributed by atoms with Gasteiger partial charge in [-0.05, 0) is 68.9 Å². The molecular formula is C17H31NS. The molecule has 1 fully saturated rings. The molecule has 1 heterocycles. The van der Waals surface area contributed by atoms with E-state index in [0.717, 1.165) is 12.5 Å². The van der Waals surface area contributed by atoms with Gasteiger partial charge in [0.2, 0.25) is 0 Å². The van der Waals surface area contributed by atoms with Gasteiger partial charge in [-0.3, -0.25) is 0 Å². The molecule has 1 nitrogen and oxygen atoms in total. The summed E-state index contributed by atoms with van der Waals surface area (Å²) in [4.78, 5) is 0. The molecule has 19 heavy (non-hydrogen) atoms. The molecule has 2 rings (SSSR count). The third-order valence-electron chi connectivity index (χ3n) is 4.63. The van der Waals surface area contributed by atoms with Gasteiger partial charge in [-0.25, -0.2) is 0 Å². The maximum atomic E-state index is 3.77. The molecule has 1 unspecified atom stereocenters. The van der Waals surface area contributed by atoms with Gasteiger partial charge in [-0.15, -0.1) is 0 Å². The standard InChI is InChI=1S/C17H31NS/c1-2-18-17(14-15-10-12-19-13-11-15)16-8-6-4-3-5-7-9-16/h8,15,17-18H,2-7,9-14H2,1H3. The third-order valence-corrected chi connectivity index (χ3v) is 5.68. The maximum Gasteiger partial charge on any atom is 0.0281 e. The summed E-state index contributed by atoms with van der Waals surface area (Å²) in [5.41, 5.74) is 1.74. The van der Waals surface area contributed by atoms with E-state index in [4.69, 9.17) is 0 Å². The van der Waals surface area contributed by atoms with E-state index in [9.17, 15) is 0 Å². The van der Waals surface area contributed by atoms with Crippen LogP contribution in [0.25, 0.3) is 0 Å². The number of thioether (sulfide) groups is 1. The van der Waals surface area contributed by atoms with Gasteiger partial charge in [0.05, 0.1) is 0 Å². The molecule has 0 aromatic heterocycles. The summed E-state index contributed by atoms with van der Waals surface area (Å²) in [5.74, 6) is 3.75. The van der Waals surface area contributed by atoms with Crippen LogP contribution in [0.15, 0.2) is 11.6 Å². The molecule has 1 atom stereocenters. The molecule has 0 bridgehead atoms. The quantitative estimate of drug-likeness (QED) is 0.728. The fraction of sp³-hybridized carbons (Fsp3) is 0.882. The molecule has 0 aromatic rings. The highest BCUT2D eigenvalue weighted by atomic mass is 32.2. The second-order valence-electron chi connectivity index (χ2n) is 6.13. The van der Waals surface area contributed by atoms with Gasteiger partial charge in [-0.2, -0.15) is 11.8 Å². The Morgan fingerprint density at radius 1 is 1.21 bits per heavy atom. The van der Waals surface area contributed by atoms with Crippen molar-refractivity contribution in [1.29, 1.82) is 0 Å². The molecule has 0 radical (unpaired) electrons. The largest absolute Gasteiger partial charge is 0.311 e. The number of rotatable bonds is 5. The summed E-state index contributed by atoms with van der Waals surface area (Å²) in [7, 11) is 0. The average molecular weight is 282 g/mol. The molecule has 1 aliphatic heterocycles. The van der Waals surface area contributed by atoms with E-state index < -0.39 is 0 Å². The van der Waals surface area contributed by atoms with Gasteiger partial charge in [0.25, 0.3) is 0 Å². The normalized spacial score (nSPS) is 24.4. The Morgan fingerprint density at radius 2 is 2.00 bits per heavy atom. The zero-order valence-corrected chi connectivity index (χ0v) is 13.4. The van der Waals surface area contributed by atoms with Gasteiger partial charge in [0, 0.05) is 6.04 Å². The second kappa shape index (κ2) is 9.07. The second-order valence-corrected chi connectivity index (χ2v) is 7.36. The van der Waals surface area contributed by atoms with Crippen molar-refractivity contribution >= 4 is 11.8 Å². The predicted molar refractivity (Wildman–Crippen MR) is 87.9 cm³/mol. The molecular weight excluding hydrogens is 250 g/mol. The van der Waals surface area contributed by atoms with E-state index in [-0.39, 0.29) is 0 Å². The first kappa shape index (κ1) is 15.4. The van der Waals surface area contributed by atoms with E-state index in [2.05, 4.69) is 30.1 Å². The van der Waals surface area contributed by atoms with Crippen LogP contribution in [-0.2, 0) is 0 Å². The highest BCUT2D eigenvalue weighted by Gasteiger charge is 2.21. The summed E-state index contributed by atoms with van der Waals surface area (Å²) >= 11 is 2.15. The molecule has 110 valence electrons. The summed E-state index contributed by atoms with van der Waals surface area (Å²) in [5, 5.41) is 3.77. The van der Waals surface area contributed by atoms with Crippen LogP contribution in [0, 0.1) is 5.92 Å². The van der Waals surface area contributed by atoms with Crippen LogP contribution < -0.4 is 5.32 Å². The third kappa shape index (κ3) is 5.51. The predicted octanol–water partition coefficient (Wildman–Crippen LogP) is 4.78. The number of hydrogen-bond donors (Lipinski definition) is 1. The van der Waals surface area contributed by atoms with Gasteiger partial charge >= 0.3 is 0 Å². The molecule has 2 heteroatoms. The fourth-order valence-electron chi connectivity index (χ4n) is 3.46. The molecule has 0 amide bonds. The van der Waals surface area contributed by atoms with Gasteiger partial charge in [-0.1, -0.05) is 31.4 Å². The minimum Gasteiger partial charge on any atom is -0.311 e. The van der Waals surface area contributed by atoms with Gasteiger partial charge in [0.15, 0.2) is 0 Å². The van der Waals surface area contributed by atoms with Crippen LogP contribution in [-0.4, -0.2) is 24.1 Å². The van der Waals surface area contributed by atoms with Crippen molar-refractivity contribution in [3.63, 3.8) is 0 Å². The first-order valence-corrected chi connectivity index (χ1v) is 9.55. The lowest BCUT2D eigenvalue weighted by atomic mass is 9.87. The highest BCUT2D eigenvalue weighted by molar-refractivity contribution is 7.99. The van der Waals surface area contributed by atoms with Crippen molar-refractivity contribution in [3.05, 3.63) is 11.6 Å². The van der Waals surface area contributed by atoms with Crippen LogP contribution in [0.5, 0.6) is 0 Å². The van der Waals surface area contributed by atoms with Gasteiger partial charge < -0.3 is 5.32 Å². The van der Waals surface area contributed by atoms with Crippen molar-refractivity contribution in [2.75, 3.05) is 18.1 Å². The van der Waals surface area contributed by atoms with Crippen molar-refractivity contribution in [3.8, 4) is 0 Å². The summed E-state index contributed by atoms with van der Waals surface area (Å²) in [6.45, 7) is 3.37. The first-order valence-electron chi connectivity index (χ1n) is 8.40. The SMILES string of the molecule is CCNC(CC1CCSCC1)C1=CCCCCCC1. The fourth-order valence-corrected chi connectivity index (χ4v) is 4.66. The number of likely N-dealkylation sites (N-methyl/N-ethyl adjacent to an activating group) is 1. The zero-order valence-electron chi connectivity index (χ0n) is 12.6. The molecule has 0 spiro atoms. The van der Waals surface area contributed by atoms with Crippen molar-refractivity contribution < 1.29 is 0 Å². The minimum atomic E-state index is 0.677. The van der Waals surface area contributed by atoms with Crippen molar-refractivity contribution in [2.24, 2.45) is 5.92 Å². The summed E-state index contributed by atoms with van der Waals surface area (Å²) in [6.07, 6.45) is 15.2. The van der Waals surface area contributed by atoms with Gasteiger partial charge in [0.1, 0.15) is 0 Å². The van der Waals surface area contributed by atoms with Crippen LogP contribution in [0.1, 0.15) is 64.7 Å². The first-order chi connectivity index (χ1) is 9.40. The monoisotopic (exact) mass is 281 g/mol. The number of allylic oxidation sites excluding steroid dienone is 1. The molecule has 0 aromatic carbocycles. The lowest BCUT2D eigenvalue weighted by Crippen LogP contribution is -2.34. The van der Waals surface area contributed by atoms with E-state index in [1.807, 2.05) is 0 Å². The Bertz CT molecular complexity index is 268. The molecule has 1 aliphatic carbocycles. The molecule has 1 N–H and O–H groups in total. The van der Waals surface area contributed by atoms with Crippen LogP contribution in [0.4, 0.5) is 0 Å². The lowest BCUT2D eigenvalue weighted by Gasteiger charge is -2.29. The smallest absolute Gasteiger partial charge is 0.0281 e. The van der Waals surface area contributed by atoms with Crippen LogP contribution >= 0.6 is 11.8 Å². The Kier molecular flexibility index (Phi) is 7.37. The molecule has 1 saturated heterocycles. The topological polar surface area (TPSA) is 12.0 Å². The summed E-state index contributed by atoms with van der Waals surface area (Å²) in [6, 6.07) is 0.677. The highest BCUT2D eigenvalue weighted by Crippen LogP contribution is 2.30. The molecule has 2 aliphatic rings. The van der Waals surface area contributed by atoms with E-state index in [0.29, 0.717) is 6.04 Å². The van der Waals surface area contributed by atoms with E-state index >= 15 is 0 Å². The minimum absolute atomic E-state index is 0.677. The number of hydrogen-bond acceptors (Lipinski definition) is 2. The van der Waals surface area contributed by atoms with Crippen LogP contribution in [0.2, 0.25) is 0 Å². The maximum absolute atomic E-state index is 3.77. The number of nitrogens with one attached hydrogen (secondary N) is 1. The Balaban J connectivity index is 1.92.